The average molecular weight is 360 g/mol. The largest absolute Gasteiger partial charge is 0.305 e. The summed E-state index contributed by atoms with van der Waals surface area (Å²) in [6.07, 6.45) is 4.05. The fourth-order valence-corrected chi connectivity index (χ4v) is 3.85. The summed E-state index contributed by atoms with van der Waals surface area (Å²) in [7, 11) is 0. The highest BCUT2D eigenvalue weighted by Crippen LogP contribution is 2.33. The third kappa shape index (κ3) is 2.74. The van der Waals surface area contributed by atoms with Gasteiger partial charge in [0.15, 0.2) is 11.0 Å². The molecule has 0 saturated carbocycles. The predicted molar refractivity (Wildman–Crippen MR) is 101 cm³/mol. The molecule has 0 unspecified atom stereocenters. The van der Waals surface area contributed by atoms with Gasteiger partial charge in [0.1, 0.15) is 5.84 Å². The van der Waals surface area contributed by atoms with E-state index in [2.05, 4.69) is 16.9 Å². The number of benzene rings is 1. The Morgan fingerprint density at radius 1 is 1.25 bits per heavy atom. The van der Waals surface area contributed by atoms with E-state index in [-0.39, 0.29) is 0 Å². The SMILES string of the molecule is CCCSC1=Nc2c(cnn2-c2ccc(Cl)cc2)C2=NCCCN12. The molecule has 2 aromatic rings. The fourth-order valence-electron chi connectivity index (χ4n) is 2.85. The van der Waals surface area contributed by atoms with Crippen molar-refractivity contribution in [1.82, 2.24) is 14.7 Å². The molecule has 7 heteroatoms. The molecule has 4 rings (SSSR count). The topological polar surface area (TPSA) is 45.8 Å². The summed E-state index contributed by atoms with van der Waals surface area (Å²) in [5, 5.41) is 6.29. The van der Waals surface area contributed by atoms with Crippen LogP contribution in [0.1, 0.15) is 25.3 Å². The molecule has 0 N–H and O–H groups in total. The van der Waals surface area contributed by atoms with Crippen LogP contribution in [-0.2, 0) is 0 Å². The molecule has 0 aliphatic carbocycles. The third-order valence-electron chi connectivity index (χ3n) is 3.98. The predicted octanol–water partition coefficient (Wildman–Crippen LogP) is 4.12. The van der Waals surface area contributed by atoms with Gasteiger partial charge in [0.25, 0.3) is 0 Å². The van der Waals surface area contributed by atoms with Gasteiger partial charge in [-0.25, -0.2) is 9.67 Å². The first-order chi connectivity index (χ1) is 11.8. The van der Waals surface area contributed by atoms with Crippen LogP contribution in [0.3, 0.4) is 0 Å². The van der Waals surface area contributed by atoms with Gasteiger partial charge >= 0.3 is 0 Å². The Balaban J connectivity index is 1.81. The Bertz CT molecular complexity index is 809. The van der Waals surface area contributed by atoms with Crippen LogP contribution in [0.2, 0.25) is 5.02 Å². The molecule has 0 spiro atoms. The highest BCUT2D eigenvalue weighted by molar-refractivity contribution is 8.13. The zero-order valence-corrected chi connectivity index (χ0v) is 15.0. The minimum atomic E-state index is 0.713. The van der Waals surface area contributed by atoms with E-state index >= 15 is 0 Å². The molecular weight excluding hydrogens is 342 g/mol. The molecular formula is C17H18ClN5S. The maximum absolute atomic E-state index is 6.00. The van der Waals surface area contributed by atoms with Gasteiger partial charge < -0.3 is 4.90 Å². The van der Waals surface area contributed by atoms with Gasteiger partial charge in [0.2, 0.25) is 0 Å². The van der Waals surface area contributed by atoms with Crippen LogP contribution in [0.5, 0.6) is 0 Å². The summed E-state index contributed by atoms with van der Waals surface area (Å²) in [4.78, 5) is 11.9. The van der Waals surface area contributed by atoms with E-state index in [1.807, 2.05) is 35.1 Å². The molecule has 124 valence electrons. The average Bonchev–Trinajstić information content (AvgIpc) is 3.04. The number of aromatic nitrogens is 2. The van der Waals surface area contributed by atoms with Crippen molar-refractivity contribution in [2.75, 3.05) is 18.8 Å². The molecule has 0 atom stereocenters. The van der Waals surface area contributed by atoms with E-state index in [9.17, 15) is 0 Å². The van der Waals surface area contributed by atoms with E-state index in [0.717, 1.165) is 59.8 Å². The van der Waals surface area contributed by atoms with Gasteiger partial charge in [-0.15, -0.1) is 0 Å². The number of aliphatic imine (C=N–C) groups is 2. The Labute approximate surface area is 150 Å². The molecule has 0 saturated heterocycles. The first kappa shape index (κ1) is 15.7. The summed E-state index contributed by atoms with van der Waals surface area (Å²) in [5.74, 6) is 2.91. The van der Waals surface area contributed by atoms with E-state index in [4.69, 9.17) is 21.6 Å². The third-order valence-corrected chi connectivity index (χ3v) is 5.41. The number of hydrogen-bond acceptors (Lipinski definition) is 5. The van der Waals surface area contributed by atoms with Gasteiger partial charge in [-0.05, 0) is 37.1 Å². The van der Waals surface area contributed by atoms with Crippen molar-refractivity contribution in [1.29, 1.82) is 0 Å². The lowest BCUT2D eigenvalue weighted by Gasteiger charge is -2.32. The number of nitrogens with zero attached hydrogens (tertiary/aromatic N) is 5. The highest BCUT2D eigenvalue weighted by Gasteiger charge is 2.31. The summed E-state index contributed by atoms with van der Waals surface area (Å²) in [6.45, 7) is 4.02. The standard InChI is InChI=1S/C17H18ClN5S/c1-2-10-24-17-21-16-14(15-19-8-3-9-22(15)17)11-20-23(16)13-6-4-12(18)5-7-13/h4-7,11H,2-3,8-10H2,1H3. The maximum atomic E-state index is 6.00. The summed E-state index contributed by atoms with van der Waals surface area (Å²) in [5.41, 5.74) is 1.96. The van der Waals surface area contributed by atoms with Gasteiger partial charge in [-0.3, -0.25) is 4.99 Å². The van der Waals surface area contributed by atoms with Crippen LogP contribution in [-0.4, -0.2) is 44.5 Å². The van der Waals surface area contributed by atoms with Crippen LogP contribution < -0.4 is 0 Å². The van der Waals surface area contributed by atoms with E-state index in [0.29, 0.717) is 5.02 Å². The van der Waals surface area contributed by atoms with Crippen molar-refractivity contribution in [3.05, 3.63) is 41.0 Å². The summed E-state index contributed by atoms with van der Waals surface area (Å²) >= 11 is 7.79. The summed E-state index contributed by atoms with van der Waals surface area (Å²) in [6, 6.07) is 7.65. The Kier molecular flexibility index (Phi) is 4.33. The van der Waals surface area contributed by atoms with Crippen molar-refractivity contribution in [3.8, 4) is 5.69 Å². The number of halogens is 1. The first-order valence-electron chi connectivity index (χ1n) is 8.15. The molecule has 0 amide bonds. The van der Waals surface area contributed by atoms with Crippen molar-refractivity contribution in [3.63, 3.8) is 0 Å². The molecule has 24 heavy (non-hydrogen) atoms. The molecule has 0 bridgehead atoms. The minimum Gasteiger partial charge on any atom is -0.305 e. The first-order valence-corrected chi connectivity index (χ1v) is 9.52. The summed E-state index contributed by atoms with van der Waals surface area (Å²) < 4.78 is 1.87. The number of fused-ring (bicyclic) bond motifs is 3. The molecule has 0 fully saturated rings. The van der Waals surface area contributed by atoms with Crippen LogP contribution in [0, 0.1) is 0 Å². The zero-order chi connectivity index (χ0) is 16.5. The second kappa shape index (κ2) is 6.61. The lowest BCUT2D eigenvalue weighted by atomic mass is 10.2. The monoisotopic (exact) mass is 359 g/mol. The van der Waals surface area contributed by atoms with Gasteiger partial charge in [-0.2, -0.15) is 5.10 Å². The van der Waals surface area contributed by atoms with Crippen LogP contribution in [0.25, 0.3) is 5.69 Å². The normalized spacial score (nSPS) is 16.3. The molecule has 5 nitrogen and oxygen atoms in total. The van der Waals surface area contributed by atoms with Crippen molar-refractivity contribution >= 4 is 40.2 Å². The van der Waals surface area contributed by atoms with Crippen LogP contribution in [0.4, 0.5) is 5.82 Å². The Hall–Kier alpha value is -1.79. The maximum Gasteiger partial charge on any atom is 0.171 e. The second-order valence-electron chi connectivity index (χ2n) is 5.72. The van der Waals surface area contributed by atoms with Crippen LogP contribution in [0.15, 0.2) is 40.4 Å². The van der Waals surface area contributed by atoms with Gasteiger partial charge in [0, 0.05) is 23.9 Å². The highest BCUT2D eigenvalue weighted by atomic mass is 35.5. The quantitative estimate of drug-likeness (QED) is 0.828. The van der Waals surface area contributed by atoms with E-state index < -0.39 is 0 Å². The number of hydrogen-bond donors (Lipinski definition) is 0. The van der Waals surface area contributed by atoms with E-state index in [1.165, 1.54) is 0 Å². The van der Waals surface area contributed by atoms with E-state index in [1.54, 1.807) is 11.8 Å². The Morgan fingerprint density at radius 3 is 2.88 bits per heavy atom. The van der Waals surface area contributed by atoms with Crippen molar-refractivity contribution < 1.29 is 0 Å². The number of rotatable bonds is 3. The molecule has 2 aliphatic heterocycles. The van der Waals surface area contributed by atoms with Gasteiger partial charge in [0.05, 0.1) is 17.4 Å². The smallest absolute Gasteiger partial charge is 0.171 e. The molecule has 0 radical (unpaired) electrons. The lowest BCUT2D eigenvalue weighted by Crippen LogP contribution is -2.41. The zero-order valence-electron chi connectivity index (χ0n) is 13.4. The number of amidine groups is 2. The van der Waals surface area contributed by atoms with Crippen LogP contribution >= 0.6 is 23.4 Å². The molecule has 1 aromatic heterocycles. The fraction of sp³-hybridized carbons (Fsp3) is 0.353. The molecule has 1 aromatic carbocycles. The second-order valence-corrected chi connectivity index (χ2v) is 7.22. The number of thioether (sulfide) groups is 1. The lowest BCUT2D eigenvalue weighted by molar-refractivity contribution is 0.553. The molecule has 2 aliphatic rings. The van der Waals surface area contributed by atoms with Crippen molar-refractivity contribution in [2.45, 2.75) is 19.8 Å². The Morgan fingerprint density at radius 2 is 2.08 bits per heavy atom. The minimum absolute atomic E-state index is 0.713. The van der Waals surface area contributed by atoms with Crippen molar-refractivity contribution in [2.24, 2.45) is 9.98 Å². The molecule has 3 heterocycles. The van der Waals surface area contributed by atoms with Gasteiger partial charge in [-0.1, -0.05) is 30.3 Å².